The highest BCUT2D eigenvalue weighted by Gasteiger charge is 2.33. The molecule has 5 nitrogen and oxygen atoms in total. The summed E-state index contributed by atoms with van der Waals surface area (Å²) >= 11 is 0. The van der Waals surface area contributed by atoms with E-state index >= 15 is 0 Å². The van der Waals surface area contributed by atoms with E-state index in [0.717, 1.165) is 30.0 Å². The van der Waals surface area contributed by atoms with E-state index in [-0.39, 0.29) is 11.5 Å². The van der Waals surface area contributed by atoms with Gasteiger partial charge in [0.1, 0.15) is 19.2 Å². The van der Waals surface area contributed by atoms with Gasteiger partial charge in [-0.1, -0.05) is 51.1 Å². The van der Waals surface area contributed by atoms with E-state index in [1.54, 1.807) is 7.11 Å². The Morgan fingerprint density at radius 2 is 1.83 bits per heavy atom. The van der Waals surface area contributed by atoms with Gasteiger partial charge < -0.3 is 19.2 Å². The van der Waals surface area contributed by atoms with Crippen LogP contribution in [0.25, 0.3) is 0 Å². The summed E-state index contributed by atoms with van der Waals surface area (Å²) in [6.45, 7) is 13.0. The van der Waals surface area contributed by atoms with Crippen LogP contribution in [0.5, 0.6) is 0 Å². The maximum absolute atomic E-state index is 6.05. The Bertz CT molecular complexity index is 735. The van der Waals surface area contributed by atoms with Gasteiger partial charge in [0.25, 0.3) is 0 Å². The van der Waals surface area contributed by atoms with E-state index in [1.807, 2.05) is 32.1 Å². The highest BCUT2D eigenvalue weighted by molar-refractivity contribution is 5.24. The quantitative estimate of drug-likeness (QED) is 0.217. The summed E-state index contributed by atoms with van der Waals surface area (Å²) < 4.78 is 16.4. The largest absolute Gasteiger partial charge is 0.488 e. The summed E-state index contributed by atoms with van der Waals surface area (Å²) in [5.74, 6) is 0.886. The molecule has 1 aliphatic heterocycles. The molecule has 0 bridgehead atoms. The first kappa shape index (κ1) is 24.2. The Morgan fingerprint density at radius 3 is 2.43 bits per heavy atom. The zero-order valence-corrected chi connectivity index (χ0v) is 19.4. The number of allylic oxidation sites excluding steroid dienone is 3. The van der Waals surface area contributed by atoms with Crippen molar-refractivity contribution in [3.05, 3.63) is 71.2 Å². The molecule has 0 spiro atoms. The van der Waals surface area contributed by atoms with Crippen LogP contribution < -0.4 is 5.43 Å². The molecule has 2 rings (SSSR count). The molecule has 1 atom stereocenters. The van der Waals surface area contributed by atoms with Crippen LogP contribution in [0.2, 0.25) is 0 Å². The smallest absolute Gasteiger partial charge is 0.146 e. The molecule has 1 aliphatic rings. The molecule has 1 heterocycles. The van der Waals surface area contributed by atoms with Gasteiger partial charge in [-0.3, -0.25) is 0 Å². The molecule has 1 aromatic carbocycles. The lowest BCUT2D eigenvalue weighted by Crippen LogP contribution is -2.44. The van der Waals surface area contributed by atoms with E-state index in [2.05, 4.69) is 61.5 Å². The number of nitrogens with zero attached hydrogens (tertiary/aromatic N) is 1. The predicted molar refractivity (Wildman–Crippen MR) is 122 cm³/mol. The van der Waals surface area contributed by atoms with Gasteiger partial charge in [0.15, 0.2) is 0 Å². The highest BCUT2D eigenvalue weighted by Crippen LogP contribution is 2.31. The molecule has 0 aliphatic carbocycles. The van der Waals surface area contributed by atoms with Crippen molar-refractivity contribution in [2.45, 2.75) is 60.2 Å². The van der Waals surface area contributed by atoms with Crippen LogP contribution in [0.15, 0.2) is 60.0 Å². The lowest BCUT2D eigenvalue weighted by Gasteiger charge is -2.32. The van der Waals surface area contributed by atoms with Crippen molar-refractivity contribution in [2.24, 2.45) is 5.41 Å². The maximum Gasteiger partial charge on any atom is 0.146 e. The number of hydrogen-bond donors (Lipinski definition) is 1. The number of hydrazine groups is 1. The summed E-state index contributed by atoms with van der Waals surface area (Å²) in [5.41, 5.74) is 7.39. The second-order valence-electron chi connectivity index (χ2n) is 8.24. The van der Waals surface area contributed by atoms with Gasteiger partial charge in [0.2, 0.25) is 0 Å². The molecular formula is C25H38N2O3. The van der Waals surface area contributed by atoms with Gasteiger partial charge in [-0.05, 0) is 55.0 Å². The third kappa shape index (κ3) is 7.01. The van der Waals surface area contributed by atoms with Gasteiger partial charge in [-0.25, -0.2) is 5.43 Å². The first-order valence-electron chi connectivity index (χ1n) is 10.7. The number of benzene rings is 1. The number of nitrogens with one attached hydrogen (secondary N) is 1. The number of hydrogen-bond acceptors (Lipinski definition) is 5. The summed E-state index contributed by atoms with van der Waals surface area (Å²) in [4.78, 5) is 0. The minimum atomic E-state index is 0.162. The number of rotatable bonds is 12. The Hall–Kier alpha value is -2.08. The molecule has 1 unspecified atom stereocenters. The maximum atomic E-state index is 6.05. The Morgan fingerprint density at radius 1 is 1.13 bits per heavy atom. The van der Waals surface area contributed by atoms with Crippen LogP contribution in [0.3, 0.4) is 0 Å². The molecule has 0 saturated heterocycles. The molecule has 0 aromatic heterocycles. The molecule has 1 N–H and O–H groups in total. The van der Waals surface area contributed by atoms with Gasteiger partial charge in [0.05, 0.1) is 24.9 Å². The van der Waals surface area contributed by atoms with Crippen molar-refractivity contribution in [2.75, 3.05) is 20.5 Å². The van der Waals surface area contributed by atoms with Crippen molar-refractivity contribution in [1.82, 2.24) is 10.4 Å². The number of ether oxygens (including phenoxy) is 3. The zero-order chi connectivity index (χ0) is 22.0. The van der Waals surface area contributed by atoms with E-state index in [9.17, 15) is 0 Å². The van der Waals surface area contributed by atoms with Gasteiger partial charge in [-0.2, -0.15) is 0 Å². The average molecular weight is 415 g/mol. The first-order chi connectivity index (χ1) is 14.4. The molecule has 5 heteroatoms. The minimum absolute atomic E-state index is 0.162. The predicted octanol–water partition coefficient (Wildman–Crippen LogP) is 5.31. The zero-order valence-electron chi connectivity index (χ0n) is 19.4. The van der Waals surface area contributed by atoms with Crippen LogP contribution in [0.4, 0.5) is 0 Å². The van der Waals surface area contributed by atoms with Crippen LogP contribution in [0.1, 0.15) is 52.2 Å². The summed E-state index contributed by atoms with van der Waals surface area (Å²) in [6.07, 6.45) is 9.39. The fourth-order valence-corrected chi connectivity index (χ4v) is 3.18. The fraction of sp³-hybridized carbons (Fsp3) is 0.520. The van der Waals surface area contributed by atoms with Crippen molar-refractivity contribution >= 4 is 0 Å². The minimum Gasteiger partial charge on any atom is -0.488 e. The first-order valence-corrected chi connectivity index (χ1v) is 10.7. The SMILES string of the molecule is C/C=C\C(=C/C)OCC1=CC(C(C)(C)CC)NN1Cc1ccc(COCOC)cc1. The molecule has 0 saturated carbocycles. The normalized spacial score (nSPS) is 17.7. The van der Waals surface area contributed by atoms with E-state index in [1.165, 1.54) is 5.56 Å². The topological polar surface area (TPSA) is 43.0 Å². The monoisotopic (exact) mass is 414 g/mol. The van der Waals surface area contributed by atoms with Crippen molar-refractivity contribution in [1.29, 1.82) is 0 Å². The highest BCUT2D eigenvalue weighted by atomic mass is 16.7. The van der Waals surface area contributed by atoms with Crippen LogP contribution in [-0.4, -0.2) is 31.6 Å². The third-order valence-corrected chi connectivity index (χ3v) is 5.59. The fourth-order valence-electron chi connectivity index (χ4n) is 3.18. The Kier molecular flexibility index (Phi) is 9.63. The molecule has 1 aromatic rings. The van der Waals surface area contributed by atoms with Gasteiger partial charge in [0, 0.05) is 7.11 Å². The van der Waals surface area contributed by atoms with E-state index in [4.69, 9.17) is 14.2 Å². The lowest BCUT2D eigenvalue weighted by molar-refractivity contribution is -0.0390. The van der Waals surface area contributed by atoms with Crippen LogP contribution in [-0.2, 0) is 27.4 Å². The van der Waals surface area contributed by atoms with Crippen LogP contribution in [0, 0.1) is 5.41 Å². The second kappa shape index (κ2) is 11.9. The molecule has 30 heavy (non-hydrogen) atoms. The molecule has 0 fully saturated rings. The third-order valence-electron chi connectivity index (χ3n) is 5.59. The Labute approximate surface area is 182 Å². The van der Waals surface area contributed by atoms with Crippen molar-refractivity contribution in [3.8, 4) is 0 Å². The molecule has 0 radical (unpaired) electrons. The Balaban J connectivity index is 2.08. The molecular weight excluding hydrogens is 376 g/mol. The van der Waals surface area contributed by atoms with E-state index in [0.29, 0.717) is 20.0 Å². The lowest BCUT2D eigenvalue weighted by atomic mass is 9.82. The van der Waals surface area contributed by atoms with Gasteiger partial charge >= 0.3 is 0 Å². The summed E-state index contributed by atoms with van der Waals surface area (Å²) in [6, 6.07) is 8.80. The van der Waals surface area contributed by atoms with Crippen molar-refractivity contribution < 1.29 is 14.2 Å². The molecule has 166 valence electrons. The van der Waals surface area contributed by atoms with E-state index < -0.39 is 0 Å². The van der Waals surface area contributed by atoms with Crippen LogP contribution >= 0.6 is 0 Å². The second-order valence-corrected chi connectivity index (χ2v) is 8.24. The summed E-state index contributed by atoms with van der Waals surface area (Å²) in [7, 11) is 1.63. The summed E-state index contributed by atoms with van der Waals surface area (Å²) in [5, 5.41) is 2.22. The number of methoxy groups -OCH3 is 1. The van der Waals surface area contributed by atoms with Crippen molar-refractivity contribution in [3.63, 3.8) is 0 Å². The van der Waals surface area contributed by atoms with Gasteiger partial charge in [-0.15, -0.1) is 0 Å². The average Bonchev–Trinajstić information content (AvgIpc) is 3.16. The molecule has 0 amide bonds. The standard InChI is InChI=1S/C25H38N2O3/c1-7-10-23(8-2)30-18-22-15-24(25(4,5)9-3)26-27(22)16-20-11-13-21(14-12-20)17-29-19-28-6/h7-8,10-15,24,26H,9,16-19H2,1-6H3/b10-7-,23-8+.